The molecule has 2 amide bonds. The van der Waals surface area contributed by atoms with Gasteiger partial charge in [0.25, 0.3) is 5.91 Å². The third-order valence-corrected chi connectivity index (χ3v) is 4.69. The Morgan fingerprint density at radius 3 is 2.30 bits per heavy atom. The third-order valence-electron chi connectivity index (χ3n) is 4.69. The van der Waals surface area contributed by atoms with Crippen molar-refractivity contribution in [2.75, 3.05) is 26.1 Å². The molecular formula is C21H28N4O5. The summed E-state index contributed by atoms with van der Waals surface area (Å²) in [5, 5.41) is 7.42. The van der Waals surface area contributed by atoms with Crippen molar-refractivity contribution in [3.8, 4) is 11.5 Å². The molecule has 0 unspecified atom stereocenters. The molecule has 1 aromatic heterocycles. The number of methoxy groups -OCH3 is 2. The van der Waals surface area contributed by atoms with Crippen molar-refractivity contribution in [1.29, 1.82) is 0 Å². The second-order valence-corrected chi connectivity index (χ2v) is 8.10. The number of carbonyl (C=O) groups excluding carboxylic acids is 2. The number of carbonyl (C=O) groups is 2. The molecule has 0 radical (unpaired) electrons. The molecule has 0 saturated heterocycles. The Morgan fingerprint density at radius 2 is 1.73 bits per heavy atom. The number of nitrogens with one attached hydrogen (secondary N) is 1. The summed E-state index contributed by atoms with van der Waals surface area (Å²) >= 11 is 0. The Balaban J connectivity index is 1.83. The monoisotopic (exact) mass is 416 g/mol. The maximum Gasteiger partial charge on any atom is 0.410 e. The quantitative estimate of drug-likeness (QED) is 0.823. The van der Waals surface area contributed by atoms with Gasteiger partial charge in [-0.2, -0.15) is 5.10 Å². The minimum absolute atomic E-state index is 0.315. The molecule has 162 valence electrons. The molecule has 3 rings (SSSR count). The second kappa shape index (κ2) is 8.25. The number of hydrogen-bond donors (Lipinski definition) is 1. The lowest BCUT2D eigenvalue weighted by atomic mass is 10.1. The van der Waals surface area contributed by atoms with Crippen LogP contribution in [0.15, 0.2) is 18.2 Å². The zero-order valence-electron chi connectivity index (χ0n) is 18.2. The highest BCUT2D eigenvalue weighted by atomic mass is 16.6. The van der Waals surface area contributed by atoms with Gasteiger partial charge in [-0.05, 0) is 32.9 Å². The Hall–Kier alpha value is -3.23. The molecule has 1 N–H and O–H groups in total. The summed E-state index contributed by atoms with van der Waals surface area (Å²) in [4.78, 5) is 27.0. The van der Waals surface area contributed by atoms with Crippen LogP contribution in [-0.4, -0.2) is 53.0 Å². The number of aromatic nitrogens is 2. The number of aryl methyl sites for hydroxylation is 1. The number of ether oxygens (including phenoxy) is 3. The lowest BCUT2D eigenvalue weighted by Gasteiger charge is -2.29. The SMILES string of the molecule is COc1cc(OC)cc(C(=O)Nc2c3c(nn2C)CCN(C(=O)OC(C)(C)C)C3)c1. The molecule has 0 fully saturated rings. The van der Waals surface area contributed by atoms with Crippen LogP contribution in [0, 0.1) is 0 Å². The van der Waals surface area contributed by atoms with Gasteiger partial charge in [0.1, 0.15) is 22.9 Å². The van der Waals surface area contributed by atoms with Crippen molar-refractivity contribution in [2.45, 2.75) is 39.3 Å². The average Bonchev–Trinajstić information content (AvgIpc) is 3.00. The van der Waals surface area contributed by atoms with Crippen molar-refractivity contribution in [3.05, 3.63) is 35.0 Å². The summed E-state index contributed by atoms with van der Waals surface area (Å²) in [5.41, 5.74) is 1.48. The highest BCUT2D eigenvalue weighted by Crippen LogP contribution is 2.28. The van der Waals surface area contributed by atoms with E-state index < -0.39 is 5.60 Å². The van der Waals surface area contributed by atoms with Crippen molar-refractivity contribution in [2.24, 2.45) is 7.05 Å². The predicted molar refractivity (Wildman–Crippen MR) is 111 cm³/mol. The fourth-order valence-corrected chi connectivity index (χ4v) is 3.26. The van der Waals surface area contributed by atoms with Crippen molar-refractivity contribution < 1.29 is 23.8 Å². The first-order valence-electron chi connectivity index (χ1n) is 9.68. The normalized spacial score (nSPS) is 13.5. The van der Waals surface area contributed by atoms with Gasteiger partial charge in [0, 0.05) is 37.2 Å². The zero-order valence-corrected chi connectivity index (χ0v) is 18.2. The maximum atomic E-state index is 12.9. The van der Waals surface area contributed by atoms with Gasteiger partial charge in [-0.1, -0.05) is 0 Å². The summed E-state index contributed by atoms with van der Waals surface area (Å²) in [7, 11) is 4.82. The van der Waals surface area contributed by atoms with E-state index in [1.165, 1.54) is 14.2 Å². The molecule has 9 heteroatoms. The van der Waals surface area contributed by atoms with Crippen molar-refractivity contribution in [1.82, 2.24) is 14.7 Å². The van der Waals surface area contributed by atoms with Crippen LogP contribution in [0.1, 0.15) is 42.4 Å². The Morgan fingerprint density at radius 1 is 1.10 bits per heavy atom. The molecule has 2 aromatic rings. The summed E-state index contributed by atoms with van der Waals surface area (Å²) in [6.07, 6.45) is 0.206. The largest absolute Gasteiger partial charge is 0.497 e. The van der Waals surface area contributed by atoms with Gasteiger partial charge in [0.05, 0.1) is 26.5 Å². The van der Waals surface area contributed by atoms with Crippen LogP contribution in [0.5, 0.6) is 11.5 Å². The lowest BCUT2D eigenvalue weighted by Crippen LogP contribution is -2.40. The average molecular weight is 416 g/mol. The van der Waals surface area contributed by atoms with Crippen LogP contribution in [0.3, 0.4) is 0 Å². The molecule has 0 spiro atoms. The van der Waals surface area contributed by atoms with Gasteiger partial charge >= 0.3 is 6.09 Å². The van der Waals surface area contributed by atoms with Gasteiger partial charge < -0.3 is 24.4 Å². The van der Waals surface area contributed by atoms with Gasteiger partial charge in [-0.3, -0.25) is 9.48 Å². The number of amides is 2. The topological polar surface area (TPSA) is 94.9 Å². The Kier molecular flexibility index (Phi) is 5.91. The van der Waals surface area contributed by atoms with Gasteiger partial charge in [-0.15, -0.1) is 0 Å². The van der Waals surface area contributed by atoms with Gasteiger partial charge in [0.2, 0.25) is 0 Å². The number of rotatable bonds is 4. The number of anilines is 1. The Bertz CT molecular complexity index is 939. The molecule has 1 aromatic carbocycles. The lowest BCUT2D eigenvalue weighted by molar-refractivity contribution is 0.0224. The van der Waals surface area contributed by atoms with Gasteiger partial charge in [-0.25, -0.2) is 4.79 Å². The van der Waals surface area contributed by atoms with Crippen molar-refractivity contribution >= 4 is 17.8 Å². The van der Waals surface area contributed by atoms with E-state index in [-0.39, 0.29) is 12.0 Å². The molecule has 0 saturated carbocycles. The molecule has 0 aliphatic carbocycles. The number of nitrogens with zero attached hydrogens (tertiary/aromatic N) is 3. The first-order chi connectivity index (χ1) is 14.1. The predicted octanol–water partition coefficient (Wildman–Crippen LogP) is 2.98. The van der Waals surface area contributed by atoms with Crippen LogP contribution in [0.25, 0.3) is 0 Å². The standard InChI is InChI=1S/C21H28N4O5/c1-21(2,3)30-20(27)25-8-7-17-16(12-25)18(24(4)23-17)22-19(26)13-9-14(28-5)11-15(10-13)29-6/h9-11H,7-8,12H2,1-6H3,(H,22,26). The van der Waals surface area contributed by atoms with Crippen LogP contribution >= 0.6 is 0 Å². The van der Waals surface area contributed by atoms with E-state index in [9.17, 15) is 9.59 Å². The first-order valence-corrected chi connectivity index (χ1v) is 9.68. The van der Waals surface area contributed by atoms with E-state index in [1.54, 1.807) is 34.8 Å². The molecular weight excluding hydrogens is 388 g/mol. The highest BCUT2D eigenvalue weighted by molar-refractivity contribution is 6.04. The summed E-state index contributed by atoms with van der Waals surface area (Å²) < 4.78 is 17.6. The van der Waals surface area contributed by atoms with E-state index in [1.807, 2.05) is 20.8 Å². The summed E-state index contributed by atoms with van der Waals surface area (Å²) in [6, 6.07) is 4.96. The second-order valence-electron chi connectivity index (χ2n) is 8.10. The molecule has 9 nitrogen and oxygen atoms in total. The molecule has 1 aliphatic rings. The number of hydrogen-bond acceptors (Lipinski definition) is 6. The minimum Gasteiger partial charge on any atom is -0.497 e. The zero-order chi connectivity index (χ0) is 22.1. The molecule has 0 atom stereocenters. The van der Waals surface area contributed by atoms with E-state index in [2.05, 4.69) is 10.4 Å². The van der Waals surface area contributed by atoms with Crippen LogP contribution < -0.4 is 14.8 Å². The molecule has 2 heterocycles. The fourth-order valence-electron chi connectivity index (χ4n) is 3.26. The van der Waals surface area contributed by atoms with Crippen LogP contribution in [-0.2, 0) is 24.8 Å². The van der Waals surface area contributed by atoms with E-state index in [0.717, 1.165) is 11.3 Å². The number of benzene rings is 1. The van der Waals surface area contributed by atoms with Gasteiger partial charge in [0.15, 0.2) is 0 Å². The molecule has 0 bridgehead atoms. The number of fused-ring (bicyclic) bond motifs is 1. The summed E-state index contributed by atoms with van der Waals surface area (Å²) in [5.74, 6) is 1.25. The van der Waals surface area contributed by atoms with E-state index in [0.29, 0.717) is 42.4 Å². The Labute approximate surface area is 175 Å². The van der Waals surface area contributed by atoms with E-state index >= 15 is 0 Å². The van der Waals surface area contributed by atoms with Crippen LogP contribution in [0.4, 0.5) is 10.6 Å². The summed E-state index contributed by atoms with van der Waals surface area (Å²) in [6.45, 7) is 6.32. The third kappa shape index (κ3) is 4.67. The first kappa shape index (κ1) is 21.5. The maximum absolute atomic E-state index is 12.9. The van der Waals surface area contributed by atoms with Crippen molar-refractivity contribution in [3.63, 3.8) is 0 Å². The smallest absolute Gasteiger partial charge is 0.410 e. The minimum atomic E-state index is -0.575. The highest BCUT2D eigenvalue weighted by Gasteiger charge is 2.30. The molecule has 1 aliphatic heterocycles. The van der Waals surface area contributed by atoms with Crippen LogP contribution in [0.2, 0.25) is 0 Å². The fraction of sp³-hybridized carbons (Fsp3) is 0.476. The molecule has 30 heavy (non-hydrogen) atoms. The van der Waals surface area contributed by atoms with E-state index in [4.69, 9.17) is 14.2 Å².